The molecule has 11 nitrogen and oxygen atoms in total. The number of halogens is 1. The van der Waals surface area contributed by atoms with Gasteiger partial charge in [-0.15, -0.1) is 0 Å². The number of allylic oxidation sites excluding steroid dienone is 1. The van der Waals surface area contributed by atoms with E-state index in [1.54, 1.807) is 26.8 Å². The Hall–Kier alpha value is -3.48. The van der Waals surface area contributed by atoms with Gasteiger partial charge in [0.1, 0.15) is 33.9 Å². The first-order valence-electron chi connectivity index (χ1n) is 14.3. The molecule has 0 unspecified atom stereocenters. The molecule has 1 aromatic carbocycles. The van der Waals surface area contributed by atoms with E-state index in [-0.39, 0.29) is 13.0 Å². The van der Waals surface area contributed by atoms with Crippen LogP contribution in [0.4, 0.5) is 9.18 Å². The molecule has 13 heteroatoms. The number of alkyl carbamates (subject to hydrolysis) is 1. The Morgan fingerprint density at radius 3 is 2.55 bits per heavy atom. The van der Waals surface area contributed by atoms with Crippen LogP contribution in [0, 0.1) is 11.7 Å². The van der Waals surface area contributed by atoms with Gasteiger partial charge in [-0.25, -0.2) is 22.3 Å². The number of nitrogens with zero attached hydrogens (tertiary/aromatic N) is 1. The van der Waals surface area contributed by atoms with Crippen molar-refractivity contribution in [3.8, 4) is 0 Å². The van der Waals surface area contributed by atoms with E-state index in [2.05, 4.69) is 10.6 Å². The number of carbonyl (C=O) groups is 4. The predicted octanol–water partition coefficient (Wildman–Crippen LogP) is 2.91. The maximum absolute atomic E-state index is 14.2. The molecule has 2 fully saturated rings. The monoisotopic (exact) mass is 606 g/mol. The zero-order valence-corrected chi connectivity index (χ0v) is 25.0. The Balaban J connectivity index is 1.57. The van der Waals surface area contributed by atoms with Crippen molar-refractivity contribution < 1.29 is 36.7 Å². The summed E-state index contributed by atoms with van der Waals surface area (Å²) in [5.41, 5.74) is -2.33. The minimum Gasteiger partial charge on any atom is -0.444 e. The molecule has 3 N–H and O–H groups in total. The number of nitrogens with one attached hydrogen (secondary N) is 3. The van der Waals surface area contributed by atoms with Crippen LogP contribution in [0.3, 0.4) is 0 Å². The SMILES string of the molecule is CC(C)(C)OC(=O)N[C@H]1CCCCC/C=C\[C@@H]2C[C@@]2(C(=O)NS(=O)(=O)c2ccccc2F)NC(=O)[C@@H]2CCCN2C1=O. The van der Waals surface area contributed by atoms with Gasteiger partial charge in [-0.05, 0) is 71.4 Å². The van der Waals surface area contributed by atoms with Gasteiger partial charge in [-0.1, -0.05) is 37.1 Å². The lowest BCUT2D eigenvalue weighted by Gasteiger charge is -2.30. The summed E-state index contributed by atoms with van der Waals surface area (Å²) >= 11 is 0. The Labute approximate surface area is 245 Å². The molecule has 2 heterocycles. The summed E-state index contributed by atoms with van der Waals surface area (Å²) < 4.78 is 47.3. The first-order valence-corrected chi connectivity index (χ1v) is 15.8. The Morgan fingerprint density at radius 1 is 1.10 bits per heavy atom. The van der Waals surface area contributed by atoms with E-state index in [0.29, 0.717) is 32.1 Å². The largest absolute Gasteiger partial charge is 0.444 e. The quantitative estimate of drug-likeness (QED) is 0.446. The Kier molecular flexibility index (Phi) is 9.29. The van der Waals surface area contributed by atoms with Crippen molar-refractivity contribution in [3.63, 3.8) is 0 Å². The smallest absolute Gasteiger partial charge is 0.408 e. The highest BCUT2D eigenvalue weighted by molar-refractivity contribution is 7.90. The van der Waals surface area contributed by atoms with E-state index < -0.39 is 73.7 Å². The van der Waals surface area contributed by atoms with E-state index in [1.807, 2.05) is 10.8 Å². The Bertz CT molecular complexity index is 1360. The predicted molar refractivity (Wildman–Crippen MR) is 151 cm³/mol. The summed E-state index contributed by atoms with van der Waals surface area (Å²) in [6, 6.07) is 2.88. The standard InChI is InChI=1S/C29H39FN4O7S/c1-28(2,3)41-27(38)31-21-14-8-6-4-5-7-12-19-18-29(19,32-24(35)22-15-11-17-34(22)25(21)36)26(37)33-42(39,40)23-16-10-9-13-20(23)30/h7,9-10,12-13,16,19,21-22H,4-6,8,11,14-15,17-18H2,1-3H3,(H,31,38)(H,32,35)(H,33,37)/b12-7-/t19-,21+,22+,29-/m1/s1. The highest BCUT2D eigenvalue weighted by atomic mass is 32.2. The number of fused-ring (bicyclic) bond motifs is 2. The second-order valence-electron chi connectivity index (χ2n) is 12.1. The summed E-state index contributed by atoms with van der Waals surface area (Å²) in [5, 5.41) is 5.41. The van der Waals surface area contributed by atoms with E-state index in [1.165, 1.54) is 17.0 Å². The maximum Gasteiger partial charge on any atom is 0.408 e. The number of hydrogen-bond donors (Lipinski definition) is 3. The van der Waals surface area contributed by atoms with Crippen molar-refractivity contribution in [1.29, 1.82) is 0 Å². The van der Waals surface area contributed by atoms with Crippen LogP contribution >= 0.6 is 0 Å². The van der Waals surface area contributed by atoms with Gasteiger partial charge in [-0.3, -0.25) is 14.4 Å². The fraction of sp³-hybridized carbons (Fsp3) is 0.586. The van der Waals surface area contributed by atoms with Gasteiger partial charge in [-0.2, -0.15) is 0 Å². The summed E-state index contributed by atoms with van der Waals surface area (Å²) in [5.74, 6) is -3.48. The zero-order valence-electron chi connectivity index (χ0n) is 24.2. The fourth-order valence-electron chi connectivity index (χ4n) is 5.47. The molecular formula is C29H39FN4O7S. The van der Waals surface area contributed by atoms with E-state index in [9.17, 15) is 32.0 Å². The third-order valence-corrected chi connectivity index (χ3v) is 9.04. The van der Waals surface area contributed by atoms with Crippen LogP contribution < -0.4 is 15.4 Å². The summed E-state index contributed by atoms with van der Waals surface area (Å²) in [6.45, 7) is 5.45. The van der Waals surface area contributed by atoms with Gasteiger partial charge in [0.25, 0.3) is 15.9 Å². The average molecular weight is 607 g/mol. The minimum absolute atomic E-state index is 0.150. The summed E-state index contributed by atoms with van der Waals surface area (Å²) in [7, 11) is -4.56. The number of ether oxygens (including phenoxy) is 1. The zero-order chi connectivity index (χ0) is 30.7. The molecule has 2 aliphatic heterocycles. The molecular weight excluding hydrogens is 567 g/mol. The molecule has 4 amide bonds. The number of amides is 4. The van der Waals surface area contributed by atoms with E-state index in [0.717, 1.165) is 25.0 Å². The molecule has 42 heavy (non-hydrogen) atoms. The van der Waals surface area contributed by atoms with Gasteiger partial charge in [0, 0.05) is 12.5 Å². The minimum atomic E-state index is -4.56. The van der Waals surface area contributed by atoms with Gasteiger partial charge in [0.2, 0.25) is 11.8 Å². The molecule has 1 aromatic rings. The lowest BCUT2D eigenvalue weighted by Crippen LogP contribution is -2.58. The number of hydrogen-bond acceptors (Lipinski definition) is 7. The average Bonchev–Trinajstić information content (AvgIpc) is 3.35. The van der Waals surface area contributed by atoms with Crippen LogP contribution in [0.5, 0.6) is 0 Å². The second kappa shape index (κ2) is 12.4. The Morgan fingerprint density at radius 2 is 1.83 bits per heavy atom. The molecule has 1 aliphatic carbocycles. The van der Waals surface area contributed by atoms with Gasteiger partial charge in [0.05, 0.1) is 0 Å². The highest BCUT2D eigenvalue weighted by Crippen LogP contribution is 2.45. The maximum atomic E-state index is 14.2. The van der Waals surface area contributed by atoms with Crippen LogP contribution in [-0.2, 0) is 29.1 Å². The molecule has 0 radical (unpaired) electrons. The molecule has 1 saturated carbocycles. The number of benzene rings is 1. The van der Waals surface area contributed by atoms with Gasteiger partial charge >= 0.3 is 6.09 Å². The van der Waals surface area contributed by atoms with E-state index >= 15 is 0 Å². The molecule has 4 rings (SSSR count). The van der Waals surface area contributed by atoms with Crippen LogP contribution in [0.2, 0.25) is 0 Å². The second-order valence-corrected chi connectivity index (χ2v) is 13.7. The molecule has 230 valence electrons. The molecule has 0 spiro atoms. The van der Waals surface area contributed by atoms with Crippen molar-refractivity contribution in [2.45, 2.75) is 100 Å². The summed E-state index contributed by atoms with van der Waals surface area (Å²) in [6.07, 6.45) is 7.24. The molecule has 0 bridgehead atoms. The van der Waals surface area contributed by atoms with Crippen molar-refractivity contribution >= 4 is 33.8 Å². The van der Waals surface area contributed by atoms with Crippen LogP contribution in [0.25, 0.3) is 0 Å². The third kappa shape index (κ3) is 7.29. The number of sulfonamides is 1. The van der Waals surface area contributed by atoms with Crippen molar-refractivity contribution in [3.05, 3.63) is 42.2 Å². The topological polar surface area (TPSA) is 151 Å². The fourth-order valence-corrected chi connectivity index (χ4v) is 6.59. The first kappa shape index (κ1) is 31.5. The van der Waals surface area contributed by atoms with Crippen molar-refractivity contribution in [1.82, 2.24) is 20.3 Å². The highest BCUT2D eigenvalue weighted by Gasteiger charge is 2.61. The van der Waals surface area contributed by atoms with Crippen LogP contribution in [0.1, 0.15) is 72.1 Å². The van der Waals surface area contributed by atoms with Crippen LogP contribution in [-0.4, -0.2) is 66.9 Å². The first-order chi connectivity index (χ1) is 19.7. The number of rotatable bonds is 4. The molecule has 0 aromatic heterocycles. The van der Waals surface area contributed by atoms with Crippen molar-refractivity contribution in [2.75, 3.05) is 6.54 Å². The normalized spacial score (nSPS) is 27.8. The van der Waals surface area contributed by atoms with Crippen molar-refractivity contribution in [2.24, 2.45) is 5.92 Å². The summed E-state index contributed by atoms with van der Waals surface area (Å²) in [4.78, 5) is 54.0. The van der Waals surface area contributed by atoms with E-state index in [4.69, 9.17) is 4.74 Å². The van der Waals surface area contributed by atoms with Gasteiger partial charge < -0.3 is 20.3 Å². The third-order valence-electron chi connectivity index (χ3n) is 7.68. The molecule has 1 saturated heterocycles. The lowest BCUT2D eigenvalue weighted by atomic mass is 10.0. The lowest BCUT2D eigenvalue weighted by molar-refractivity contribution is -0.141. The number of carbonyl (C=O) groups excluding carboxylic acids is 4. The molecule has 4 atom stereocenters. The molecule has 3 aliphatic rings. The van der Waals surface area contributed by atoms with Crippen LogP contribution in [0.15, 0.2) is 41.3 Å². The van der Waals surface area contributed by atoms with Gasteiger partial charge in [0.15, 0.2) is 0 Å².